The number of rotatable bonds is 5. The van der Waals surface area contributed by atoms with E-state index in [-0.39, 0.29) is 34.1 Å². The molecule has 0 bridgehead atoms. The fourth-order valence-electron chi connectivity index (χ4n) is 3.04. The second kappa shape index (κ2) is 8.48. The number of amides is 2. The van der Waals surface area contributed by atoms with Crippen LogP contribution in [0, 0.1) is 10.1 Å². The third-order valence-electron chi connectivity index (χ3n) is 4.59. The second-order valence-corrected chi connectivity index (χ2v) is 6.72. The average Bonchev–Trinajstić information content (AvgIpc) is 3.12. The lowest BCUT2D eigenvalue weighted by Gasteiger charge is -2.06. The first-order valence-corrected chi connectivity index (χ1v) is 9.34. The van der Waals surface area contributed by atoms with Gasteiger partial charge in [-0.1, -0.05) is 24.3 Å². The van der Waals surface area contributed by atoms with Crippen molar-refractivity contribution in [1.29, 1.82) is 0 Å². The molecule has 0 radical (unpaired) electrons. The Morgan fingerprint density at radius 1 is 0.969 bits per heavy atom. The van der Waals surface area contributed by atoms with Gasteiger partial charge in [0.1, 0.15) is 0 Å². The van der Waals surface area contributed by atoms with Gasteiger partial charge in [0, 0.05) is 34.3 Å². The number of aromatic nitrogens is 1. The molecule has 0 atom stereocenters. The van der Waals surface area contributed by atoms with E-state index in [0.29, 0.717) is 16.8 Å². The zero-order valence-electron chi connectivity index (χ0n) is 16.4. The Hall–Kier alpha value is -4.86. The second-order valence-electron chi connectivity index (χ2n) is 6.72. The molecule has 0 aliphatic rings. The highest BCUT2D eigenvalue weighted by molar-refractivity contribution is 6.05. The average molecular weight is 429 g/mol. The maximum absolute atomic E-state index is 12.5. The van der Waals surface area contributed by atoms with E-state index in [1.807, 2.05) is 0 Å². The van der Waals surface area contributed by atoms with Crippen LogP contribution in [0.5, 0.6) is 5.88 Å². The molecule has 32 heavy (non-hydrogen) atoms. The number of nitro groups is 1. The molecule has 1 heterocycles. The summed E-state index contributed by atoms with van der Waals surface area (Å²) in [5.74, 6) is -1.43. The quantitative estimate of drug-likeness (QED) is 0.233. The van der Waals surface area contributed by atoms with Crippen molar-refractivity contribution in [2.75, 3.05) is 5.32 Å². The molecule has 10 nitrogen and oxygen atoms in total. The summed E-state index contributed by atoms with van der Waals surface area (Å²) in [6.07, 6.45) is 0. The highest BCUT2D eigenvalue weighted by Crippen LogP contribution is 2.37. The van der Waals surface area contributed by atoms with Crippen molar-refractivity contribution in [2.24, 2.45) is 10.2 Å². The fraction of sp³-hybridized carbons (Fsp3) is 0. The van der Waals surface area contributed by atoms with Crippen molar-refractivity contribution in [1.82, 2.24) is 4.98 Å². The number of carbonyl (C=O) groups is 2. The van der Waals surface area contributed by atoms with Gasteiger partial charge in [0.25, 0.3) is 17.5 Å². The monoisotopic (exact) mass is 429 g/mol. The molecule has 2 amide bonds. The summed E-state index contributed by atoms with van der Waals surface area (Å²) < 4.78 is 0. The van der Waals surface area contributed by atoms with Crippen LogP contribution in [0.25, 0.3) is 10.9 Å². The van der Waals surface area contributed by atoms with Crippen LogP contribution in [0.15, 0.2) is 83.0 Å². The van der Waals surface area contributed by atoms with Gasteiger partial charge in [-0.2, -0.15) is 0 Å². The third-order valence-corrected chi connectivity index (χ3v) is 4.59. The summed E-state index contributed by atoms with van der Waals surface area (Å²) in [4.78, 5) is 37.8. The molecule has 1 aromatic heterocycles. The molecule has 3 aromatic carbocycles. The molecule has 0 spiro atoms. The van der Waals surface area contributed by atoms with Crippen molar-refractivity contribution in [3.8, 4) is 5.88 Å². The number of aromatic amines is 1. The Labute approximate surface area is 180 Å². The maximum atomic E-state index is 12.5. The molecule has 0 saturated heterocycles. The van der Waals surface area contributed by atoms with Gasteiger partial charge in [-0.3, -0.25) is 19.7 Å². The lowest BCUT2D eigenvalue weighted by molar-refractivity contribution is -0.384. The van der Waals surface area contributed by atoms with Crippen LogP contribution < -0.4 is 5.32 Å². The minimum atomic E-state index is -0.722. The summed E-state index contributed by atoms with van der Waals surface area (Å²) >= 11 is 0. The summed E-state index contributed by atoms with van der Waals surface area (Å²) in [6, 6.07) is 18.7. The molecule has 4 rings (SSSR count). The molecule has 158 valence electrons. The fourth-order valence-corrected chi connectivity index (χ4v) is 3.04. The van der Waals surface area contributed by atoms with Crippen LogP contribution in [0.2, 0.25) is 0 Å². The SMILES string of the molecule is O=C(N=Nc1c(O)[nH]c2ccc([N+](=O)[O-])cc12)c1cccc(NC(=O)c2ccccc2)c1. The number of nitro benzene ring substituents is 1. The standard InChI is InChI=1S/C22H15N5O5/c28-20(13-5-2-1-3-6-13)23-15-8-4-7-14(11-15)21(29)26-25-19-17-12-16(27(31)32)9-10-18(17)24-22(19)30/h1-12,24,30H,(H,23,28). The van der Waals surface area contributed by atoms with Crippen LogP contribution in [-0.4, -0.2) is 26.8 Å². The Morgan fingerprint density at radius 3 is 2.47 bits per heavy atom. The molecule has 10 heteroatoms. The van der Waals surface area contributed by atoms with E-state index in [4.69, 9.17) is 0 Å². The van der Waals surface area contributed by atoms with Gasteiger partial charge in [-0.05, 0) is 36.4 Å². The first-order chi connectivity index (χ1) is 15.4. The van der Waals surface area contributed by atoms with E-state index in [0.717, 1.165) is 0 Å². The maximum Gasteiger partial charge on any atom is 0.295 e. The van der Waals surface area contributed by atoms with E-state index in [1.54, 1.807) is 42.5 Å². The Bertz CT molecular complexity index is 1380. The summed E-state index contributed by atoms with van der Waals surface area (Å²) in [5.41, 5.74) is 1.13. The van der Waals surface area contributed by atoms with Gasteiger partial charge < -0.3 is 15.4 Å². The van der Waals surface area contributed by atoms with Crippen molar-refractivity contribution in [2.45, 2.75) is 0 Å². The number of nitrogens with one attached hydrogen (secondary N) is 2. The lowest BCUT2D eigenvalue weighted by atomic mass is 10.1. The smallest absolute Gasteiger partial charge is 0.295 e. The van der Waals surface area contributed by atoms with Crippen molar-refractivity contribution in [3.63, 3.8) is 0 Å². The predicted octanol–water partition coefficient (Wildman–Crippen LogP) is 4.96. The van der Waals surface area contributed by atoms with E-state index in [1.165, 1.54) is 30.3 Å². The van der Waals surface area contributed by atoms with Gasteiger partial charge in [-0.25, -0.2) is 0 Å². The first-order valence-electron chi connectivity index (χ1n) is 9.34. The molecule has 0 aliphatic heterocycles. The first kappa shape index (κ1) is 20.4. The van der Waals surface area contributed by atoms with Crippen LogP contribution in [0.4, 0.5) is 17.1 Å². The van der Waals surface area contributed by atoms with Gasteiger partial charge in [0.05, 0.1) is 10.4 Å². The van der Waals surface area contributed by atoms with Crippen LogP contribution >= 0.6 is 0 Å². The summed E-state index contributed by atoms with van der Waals surface area (Å²) in [6.45, 7) is 0. The van der Waals surface area contributed by atoms with Crippen molar-refractivity contribution in [3.05, 3.63) is 94.0 Å². The highest BCUT2D eigenvalue weighted by Gasteiger charge is 2.16. The number of aromatic hydroxyl groups is 1. The van der Waals surface area contributed by atoms with Gasteiger partial charge in [0.15, 0.2) is 5.69 Å². The molecule has 0 fully saturated rings. The number of azo groups is 1. The number of hydrogen-bond donors (Lipinski definition) is 3. The van der Waals surface area contributed by atoms with Crippen LogP contribution in [0.1, 0.15) is 20.7 Å². The summed E-state index contributed by atoms with van der Waals surface area (Å²) in [7, 11) is 0. The third kappa shape index (κ3) is 4.19. The van der Waals surface area contributed by atoms with Gasteiger partial charge in [-0.15, -0.1) is 10.2 Å². The van der Waals surface area contributed by atoms with Crippen molar-refractivity contribution >= 4 is 39.8 Å². The van der Waals surface area contributed by atoms with Crippen LogP contribution in [0.3, 0.4) is 0 Å². The van der Waals surface area contributed by atoms with Gasteiger partial charge >= 0.3 is 0 Å². The van der Waals surface area contributed by atoms with E-state index >= 15 is 0 Å². The molecule has 0 aliphatic carbocycles. The van der Waals surface area contributed by atoms with E-state index in [9.17, 15) is 24.8 Å². The Balaban J connectivity index is 1.56. The van der Waals surface area contributed by atoms with E-state index in [2.05, 4.69) is 20.5 Å². The van der Waals surface area contributed by atoms with Gasteiger partial charge in [0.2, 0.25) is 5.88 Å². The minimum absolute atomic E-state index is 0.0921. The number of H-pyrrole nitrogens is 1. The highest BCUT2D eigenvalue weighted by atomic mass is 16.6. The molecule has 3 N–H and O–H groups in total. The Kier molecular flexibility index (Phi) is 5.41. The zero-order chi connectivity index (χ0) is 22.7. The molecular formula is C22H15N5O5. The number of nitrogens with zero attached hydrogens (tertiary/aromatic N) is 3. The number of hydrogen-bond acceptors (Lipinski definition) is 6. The largest absolute Gasteiger partial charge is 0.493 e. The molecular weight excluding hydrogens is 414 g/mol. The number of non-ortho nitro benzene ring substituents is 1. The topological polar surface area (TPSA) is 150 Å². The molecule has 4 aromatic rings. The summed E-state index contributed by atoms with van der Waals surface area (Å²) in [5, 5.41) is 31.4. The number of carbonyl (C=O) groups excluding carboxylic acids is 2. The number of anilines is 1. The van der Waals surface area contributed by atoms with Crippen molar-refractivity contribution < 1.29 is 19.6 Å². The predicted molar refractivity (Wildman–Crippen MR) is 116 cm³/mol. The Morgan fingerprint density at radius 2 is 1.72 bits per heavy atom. The number of fused-ring (bicyclic) bond motifs is 1. The minimum Gasteiger partial charge on any atom is -0.493 e. The van der Waals surface area contributed by atoms with Crippen LogP contribution in [-0.2, 0) is 0 Å². The zero-order valence-corrected chi connectivity index (χ0v) is 16.4. The lowest BCUT2D eigenvalue weighted by Crippen LogP contribution is -2.12. The van der Waals surface area contributed by atoms with E-state index < -0.39 is 10.8 Å². The molecule has 0 unspecified atom stereocenters. The number of benzene rings is 3. The normalized spacial score (nSPS) is 11.0. The molecule has 0 saturated carbocycles.